The molecule has 2 bridgehead atoms. The molecule has 1 N–H and O–H groups in total. The molecule has 2 saturated heterocycles. The number of carbonyl (C=O) groups is 1. The first kappa shape index (κ1) is 23.4. The van der Waals surface area contributed by atoms with E-state index < -0.39 is 16.0 Å². The molecular weight excluding hydrogens is 430 g/mol. The number of piperidine rings is 2. The van der Waals surface area contributed by atoms with Crippen LogP contribution in [0.25, 0.3) is 0 Å². The Hall–Kier alpha value is -1.71. The van der Waals surface area contributed by atoms with Crippen LogP contribution in [0.4, 0.5) is 0 Å². The first-order valence-electron chi connectivity index (χ1n) is 11.8. The van der Waals surface area contributed by atoms with Gasteiger partial charge in [0.05, 0.1) is 5.75 Å². The Balaban J connectivity index is 0.000000567. The van der Waals surface area contributed by atoms with Crippen molar-refractivity contribution in [2.75, 3.05) is 31.9 Å². The van der Waals surface area contributed by atoms with Crippen molar-refractivity contribution in [3.05, 3.63) is 33.7 Å². The first-order valence-corrected chi connectivity index (χ1v) is 13.5. The Morgan fingerprint density at radius 2 is 1.78 bits per heavy atom. The zero-order valence-corrected chi connectivity index (χ0v) is 19.7. The van der Waals surface area contributed by atoms with Gasteiger partial charge in [-0.15, -0.1) is 0 Å². The molecule has 3 aliphatic heterocycles. The summed E-state index contributed by atoms with van der Waals surface area (Å²) in [6, 6.07) is 4.10. The van der Waals surface area contributed by atoms with Crippen molar-refractivity contribution in [2.24, 2.45) is 11.8 Å². The maximum atomic E-state index is 13.2. The standard InChI is InChI=1S/C21H31N3O3S.C2H4O2/c25-21-18(13-22-8-2-1-3-9-22)6-7-20-19-10-17(12-24(20)21)11-23(14-19)28(26,27)15-16-4-5-16;1-2(3)4/h6-7,16-17,19H,1-5,8-15H2;1H3,(H,3,4)/t17-,19+;/m0./s1. The minimum absolute atomic E-state index is 0.145. The van der Waals surface area contributed by atoms with Gasteiger partial charge in [0.25, 0.3) is 11.5 Å². The van der Waals surface area contributed by atoms with Crippen molar-refractivity contribution in [1.29, 1.82) is 0 Å². The Morgan fingerprint density at radius 1 is 1.09 bits per heavy atom. The predicted octanol–water partition coefficient (Wildman–Crippen LogP) is 2.08. The fourth-order valence-corrected chi connectivity index (χ4v) is 7.33. The molecule has 0 amide bonds. The Bertz CT molecular complexity index is 991. The number of hydrogen-bond acceptors (Lipinski definition) is 5. The minimum atomic E-state index is -3.16. The molecule has 1 aliphatic carbocycles. The van der Waals surface area contributed by atoms with Crippen molar-refractivity contribution >= 4 is 16.0 Å². The number of aliphatic carboxylic acids is 1. The van der Waals surface area contributed by atoms with Crippen LogP contribution in [0.1, 0.15) is 62.6 Å². The van der Waals surface area contributed by atoms with E-state index in [0.29, 0.717) is 31.3 Å². The number of aromatic nitrogens is 1. The van der Waals surface area contributed by atoms with E-state index in [9.17, 15) is 13.2 Å². The Morgan fingerprint density at radius 3 is 2.44 bits per heavy atom. The van der Waals surface area contributed by atoms with Crippen LogP contribution in [0.15, 0.2) is 16.9 Å². The van der Waals surface area contributed by atoms with E-state index in [1.54, 1.807) is 4.31 Å². The molecule has 2 atom stereocenters. The normalized spacial score (nSPS) is 26.0. The van der Waals surface area contributed by atoms with Crippen LogP contribution in [0, 0.1) is 11.8 Å². The van der Waals surface area contributed by atoms with Crippen LogP contribution >= 0.6 is 0 Å². The second-order valence-corrected chi connectivity index (χ2v) is 11.9. The summed E-state index contributed by atoms with van der Waals surface area (Å²) >= 11 is 0. The number of hydrogen-bond donors (Lipinski definition) is 1. The molecule has 0 spiro atoms. The molecule has 4 aliphatic rings. The molecule has 1 aromatic rings. The maximum Gasteiger partial charge on any atom is 0.300 e. The minimum Gasteiger partial charge on any atom is -0.481 e. The zero-order chi connectivity index (χ0) is 22.9. The fraction of sp³-hybridized carbons (Fsp3) is 0.739. The lowest BCUT2D eigenvalue weighted by molar-refractivity contribution is -0.134. The number of likely N-dealkylation sites (tertiary alicyclic amines) is 1. The Labute approximate surface area is 190 Å². The average Bonchev–Trinajstić information content (AvgIpc) is 3.54. The first-order chi connectivity index (χ1) is 15.2. The highest BCUT2D eigenvalue weighted by Crippen LogP contribution is 2.38. The van der Waals surface area contributed by atoms with Gasteiger partial charge in [0.1, 0.15) is 0 Å². The van der Waals surface area contributed by atoms with E-state index in [1.807, 2.05) is 10.6 Å². The van der Waals surface area contributed by atoms with Crippen LogP contribution in [-0.4, -0.2) is 65.2 Å². The number of nitrogens with zero attached hydrogens (tertiary/aromatic N) is 3. The second-order valence-electron chi connectivity index (χ2n) is 9.89. The van der Waals surface area contributed by atoms with Crippen LogP contribution < -0.4 is 5.56 Å². The highest BCUT2D eigenvalue weighted by Gasteiger charge is 2.41. The monoisotopic (exact) mass is 465 g/mol. The zero-order valence-electron chi connectivity index (χ0n) is 18.9. The number of fused-ring (bicyclic) bond motifs is 4. The van der Waals surface area contributed by atoms with E-state index in [4.69, 9.17) is 9.90 Å². The quantitative estimate of drug-likeness (QED) is 0.715. The van der Waals surface area contributed by atoms with Gasteiger partial charge in [-0.2, -0.15) is 0 Å². The van der Waals surface area contributed by atoms with Gasteiger partial charge in [-0.1, -0.05) is 12.5 Å². The Kier molecular flexibility index (Phi) is 7.07. The van der Waals surface area contributed by atoms with Crippen molar-refractivity contribution < 1.29 is 18.3 Å². The third-order valence-electron chi connectivity index (χ3n) is 7.03. The maximum absolute atomic E-state index is 13.2. The molecule has 5 rings (SSSR count). The van der Waals surface area contributed by atoms with Crippen molar-refractivity contribution in [2.45, 2.75) is 64.5 Å². The van der Waals surface area contributed by atoms with Crippen LogP contribution in [-0.2, 0) is 27.9 Å². The molecule has 9 heteroatoms. The molecule has 1 saturated carbocycles. The molecule has 0 aromatic carbocycles. The average molecular weight is 466 g/mol. The van der Waals surface area contributed by atoms with Gasteiger partial charge in [0, 0.05) is 50.3 Å². The third-order valence-corrected chi connectivity index (χ3v) is 9.01. The summed E-state index contributed by atoms with van der Waals surface area (Å²) < 4.78 is 29.2. The van der Waals surface area contributed by atoms with Gasteiger partial charge in [0.2, 0.25) is 10.0 Å². The summed E-state index contributed by atoms with van der Waals surface area (Å²) in [6.45, 7) is 5.77. The molecule has 32 heavy (non-hydrogen) atoms. The van der Waals surface area contributed by atoms with E-state index in [2.05, 4.69) is 11.0 Å². The topological polar surface area (TPSA) is 99.9 Å². The van der Waals surface area contributed by atoms with Crippen molar-refractivity contribution in [3.63, 3.8) is 0 Å². The van der Waals surface area contributed by atoms with Gasteiger partial charge >= 0.3 is 0 Å². The highest BCUT2D eigenvalue weighted by atomic mass is 32.2. The van der Waals surface area contributed by atoms with Gasteiger partial charge in [-0.3, -0.25) is 14.5 Å². The molecule has 0 unspecified atom stereocenters. The molecule has 1 aromatic heterocycles. The van der Waals surface area contributed by atoms with E-state index >= 15 is 0 Å². The number of carboxylic acid groups (broad SMARTS) is 1. The van der Waals surface area contributed by atoms with Crippen molar-refractivity contribution in [3.8, 4) is 0 Å². The second kappa shape index (κ2) is 9.65. The lowest BCUT2D eigenvalue weighted by atomic mass is 9.84. The van der Waals surface area contributed by atoms with E-state index in [1.165, 1.54) is 19.3 Å². The highest BCUT2D eigenvalue weighted by molar-refractivity contribution is 7.89. The van der Waals surface area contributed by atoms with E-state index in [0.717, 1.165) is 57.1 Å². The molecule has 178 valence electrons. The summed E-state index contributed by atoms with van der Waals surface area (Å²) in [5.74, 6) is 0.258. The van der Waals surface area contributed by atoms with Gasteiger partial charge in [0.15, 0.2) is 0 Å². The number of sulfonamides is 1. The smallest absolute Gasteiger partial charge is 0.300 e. The van der Waals surface area contributed by atoms with Crippen LogP contribution in [0.2, 0.25) is 0 Å². The summed E-state index contributed by atoms with van der Waals surface area (Å²) in [4.78, 5) is 24.5. The molecular formula is C23H35N3O5S. The van der Waals surface area contributed by atoms with Crippen LogP contribution in [0.3, 0.4) is 0 Å². The number of carboxylic acids is 1. The van der Waals surface area contributed by atoms with Crippen molar-refractivity contribution in [1.82, 2.24) is 13.8 Å². The molecule has 0 radical (unpaired) electrons. The van der Waals surface area contributed by atoms with Gasteiger partial charge in [-0.05, 0) is 63.1 Å². The molecule has 4 heterocycles. The largest absolute Gasteiger partial charge is 0.481 e. The summed E-state index contributed by atoms with van der Waals surface area (Å²) in [5, 5.41) is 7.42. The van der Waals surface area contributed by atoms with Gasteiger partial charge in [-0.25, -0.2) is 12.7 Å². The molecule has 3 fully saturated rings. The fourth-order valence-electron chi connectivity index (χ4n) is 5.34. The summed E-state index contributed by atoms with van der Waals surface area (Å²) in [5.41, 5.74) is 2.07. The lowest BCUT2D eigenvalue weighted by Crippen LogP contribution is -2.50. The number of rotatable bonds is 5. The number of pyridine rings is 1. The predicted molar refractivity (Wildman–Crippen MR) is 122 cm³/mol. The summed E-state index contributed by atoms with van der Waals surface area (Å²) in [6.07, 6.45) is 6.85. The van der Waals surface area contributed by atoms with E-state index in [-0.39, 0.29) is 17.4 Å². The van der Waals surface area contributed by atoms with Gasteiger partial charge < -0.3 is 9.67 Å². The molecule has 8 nitrogen and oxygen atoms in total. The summed E-state index contributed by atoms with van der Waals surface area (Å²) in [7, 11) is -3.16. The SMILES string of the molecule is CC(=O)O.O=c1c(CN2CCCCC2)ccc2n1C[C@H]1C[C@@H]2CN(S(=O)(=O)CC2CC2)C1. The van der Waals surface area contributed by atoms with Crippen LogP contribution in [0.5, 0.6) is 0 Å². The lowest BCUT2D eigenvalue weighted by Gasteiger charge is -2.42. The third kappa shape index (κ3) is 5.61.